The lowest BCUT2D eigenvalue weighted by Gasteiger charge is -2.45. The molecule has 4 nitrogen and oxygen atoms in total. The van der Waals surface area contributed by atoms with Crippen LogP contribution >= 0.6 is 0 Å². The molecule has 54 heavy (non-hydrogen) atoms. The molecule has 1 atom stereocenters. The van der Waals surface area contributed by atoms with Crippen molar-refractivity contribution in [3.05, 3.63) is 187 Å². The Morgan fingerprint density at radius 1 is 0.648 bits per heavy atom. The molecule has 0 bridgehead atoms. The number of aromatic nitrogens is 3. The molecule has 10 rings (SSSR count). The molecule has 7 aromatic carbocycles. The number of imidazole rings is 2. The number of ether oxygens (including phenoxy) is 1. The second-order valence-electron chi connectivity index (χ2n) is 14.4. The van der Waals surface area contributed by atoms with E-state index in [-0.39, 0.29) is 0 Å². The van der Waals surface area contributed by atoms with E-state index in [0.717, 1.165) is 54.3 Å². The second kappa shape index (κ2) is 12.5. The summed E-state index contributed by atoms with van der Waals surface area (Å²) in [5.74, 6) is 0.761. The Bertz CT molecular complexity index is 2930. The van der Waals surface area contributed by atoms with Crippen molar-refractivity contribution in [3.8, 4) is 17.2 Å². The van der Waals surface area contributed by atoms with Gasteiger partial charge in [-0.25, -0.2) is 4.98 Å². The molecule has 2 aromatic heterocycles. The van der Waals surface area contributed by atoms with Crippen molar-refractivity contribution in [2.45, 2.75) is 32.6 Å². The van der Waals surface area contributed by atoms with Crippen LogP contribution in [-0.4, -0.2) is 22.0 Å². The molecule has 1 aliphatic rings. The first-order valence-corrected chi connectivity index (χ1v) is 20.6. The van der Waals surface area contributed by atoms with E-state index in [0.29, 0.717) is 22.6 Å². The Labute approximate surface area is 321 Å². The van der Waals surface area contributed by atoms with E-state index in [1.807, 2.05) is 56.3 Å². The average Bonchev–Trinajstić information content (AvgIpc) is 3.75. The molecule has 3 heterocycles. The first kappa shape index (κ1) is 29.3. The van der Waals surface area contributed by atoms with Crippen molar-refractivity contribution >= 4 is 56.7 Å². The molecule has 0 spiro atoms. The number of fused-ring (bicyclic) bond motifs is 7. The highest BCUT2D eigenvalue weighted by Gasteiger charge is 2.49. The number of benzene rings is 7. The van der Waals surface area contributed by atoms with E-state index in [1.165, 1.54) is 0 Å². The monoisotopic (exact) mass is 718 g/mol. The second-order valence-corrected chi connectivity index (χ2v) is 18.1. The Hall–Kier alpha value is -6.17. The van der Waals surface area contributed by atoms with Crippen LogP contribution in [0.1, 0.15) is 42.4 Å². The van der Waals surface area contributed by atoms with Crippen LogP contribution in [0, 0.1) is 5.89 Å². The van der Waals surface area contributed by atoms with Crippen LogP contribution in [0.15, 0.2) is 176 Å². The third-order valence-corrected chi connectivity index (χ3v) is 16.3. The van der Waals surface area contributed by atoms with Gasteiger partial charge >= 0.3 is 0 Å². The lowest BCUT2D eigenvalue weighted by Crippen LogP contribution is -2.75. The van der Waals surface area contributed by atoms with Crippen molar-refractivity contribution in [2.24, 2.45) is 5.89 Å². The van der Waals surface area contributed by atoms with Crippen LogP contribution in [0.4, 0.5) is 0 Å². The summed E-state index contributed by atoms with van der Waals surface area (Å²) in [6, 6.07) is 61.0. The van der Waals surface area contributed by atoms with Gasteiger partial charge in [0.15, 0.2) is 8.07 Å². The Morgan fingerprint density at radius 3 is 1.96 bits per heavy atom. The van der Waals surface area contributed by atoms with E-state index in [1.54, 1.807) is 6.92 Å². The number of para-hydroxylation sites is 6. The van der Waals surface area contributed by atoms with E-state index in [9.17, 15) is 4.11 Å². The topological polar surface area (TPSA) is 31.5 Å². The molecular formula is C49H41N3OSi. The number of nitrogens with zero attached hydrogens (tertiary/aromatic N) is 3. The molecule has 0 saturated heterocycles. The molecule has 5 heteroatoms. The minimum Gasteiger partial charge on any atom is -0.457 e. The maximum absolute atomic E-state index is 9.80. The summed E-state index contributed by atoms with van der Waals surface area (Å²) in [6.45, 7) is 5.28. The van der Waals surface area contributed by atoms with Gasteiger partial charge in [0.05, 0.1) is 22.1 Å². The van der Waals surface area contributed by atoms with Gasteiger partial charge in [0.25, 0.3) is 0 Å². The number of hydrogen-bond acceptors (Lipinski definition) is 2. The average molecular weight is 719 g/mol. The van der Waals surface area contributed by atoms with E-state index < -0.39 is 25.8 Å². The van der Waals surface area contributed by atoms with E-state index in [4.69, 9.17) is 9.72 Å². The third kappa shape index (κ3) is 4.45. The summed E-state index contributed by atoms with van der Waals surface area (Å²) in [6.07, 6.45) is -1.84. The fraction of sp³-hybridized carbons (Fsp3) is 0.122. The van der Waals surface area contributed by atoms with Crippen molar-refractivity contribution in [2.75, 3.05) is 0 Å². The Balaban J connectivity index is 1.34. The zero-order valence-corrected chi connectivity index (χ0v) is 31.5. The maximum Gasteiger partial charge on any atom is 0.220 e. The normalized spacial score (nSPS) is 16.7. The van der Waals surface area contributed by atoms with Gasteiger partial charge in [-0.2, -0.15) is 0 Å². The van der Waals surface area contributed by atoms with Crippen molar-refractivity contribution < 1.29 is 8.85 Å². The smallest absolute Gasteiger partial charge is 0.220 e. The van der Waals surface area contributed by atoms with Gasteiger partial charge in [-0.05, 0) is 75.5 Å². The minimum absolute atomic E-state index is 0.578. The third-order valence-electron chi connectivity index (χ3n) is 11.5. The van der Waals surface area contributed by atoms with Crippen molar-refractivity contribution in [1.29, 1.82) is 0 Å². The standard InChI is InChI=1S/C49H41N3OSi/c1-4-49(34(2)3)39-25-11-16-31-45(39)53-47-40(49)26-18-32-46(47)54(36-20-7-5-8-21-36,37-22-9-6-10-23-37)38-24-17-19-35(33-38)51-43-29-14-15-30-44(43)52-42-28-13-12-27-41(42)50-48(51)52/h5-34H,4H2,1-3H3/i4D2,34D. The fourth-order valence-corrected chi connectivity index (χ4v) is 14.1. The van der Waals surface area contributed by atoms with Crippen LogP contribution in [0.3, 0.4) is 0 Å². The first-order valence-electron chi connectivity index (χ1n) is 20.1. The Morgan fingerprint density at radius 2 is 1.24 bits per heavy atom. The van der Waals surface area contributed by atoms with Gasteiger partial charge in [0.2, 0.25) is 5.78 Å². The molecule has 0 amide bonds. The van der Waals surface area contributed by atoms with Crippen LogP contribution in [0.25, 0.3) is 33.5 Å². The minimum atomic E-state index is -3.34. The summed E-state index contributed by atoms with van der Waals surface area (Å²) >= 11 is 0. The molecular weight excluding hydrogens is 675 g/mol. The molecule has 9 aromatic rings. The quantitative estimate of drug-likeness (QED) is 0.122. The first-order chi connectivity index (χ1) is 27.6. The summed E-state index contributed by atoms with van der Waals surface area (Å²) in [5.41, 5.74) is 5.12. The molecule has 1 aliphatic heterocycles. The number of rotatable bonds is 7. The van der Waals surface area contributed by atoms with Gasteiger partial charge < -0.3 is 4.74 Å². The van der Waals surface area contributed by atoms with Gasteiger partial charge in [-0.3, -0.25) is 8.97 Å². The summed E-state index contributed by atoms with van der Waals surface area (Å²) in [7, 11) is -3.34. The van der Waals surface area contributed by atoms with Gasteiger partial charge in [-0.15, -0.1) is 0 Å². The lowest BCUT2D eigenvalue weighted by atomic mass is 9.64. The summed E-state index contributed by atoms with van der Waals surface area (Å²) in [5, 5.41) is 4.45. The summed E-state index contributed by atoms with van der Waals surface area (Å²) < 4.78 is 40.6. The molecule has 0 radical (unpaired) electrons. The predicted octanol–water partition coefficient (Wildman–Crippen LogP) is 9.27. The fourth-order valence-electron chi connectivity index (χ4n) is 9.24. The van der Waals surface area contributed by atoms with E-state index >= 15 is 0 Å². The summed E-state index contributed by atoms with van der Waals surface area (Å²) in [4.78, 5) is 5.20. The molecule has 0 aliphatic carbocycles. The highest BCUT2D eigenvalue weighted by molar-refractivity contribution is 7.20. The van der Waals surface area contributed by atoms with Crippen molar-refractivity contribution in [3.63, 3.8) is 0 Å². The predicted molar refractivity (Wildman–Crippen MR) is 226 cm³/mol. The molecule has 0 fully saturated rings. The lowest BCUT2D eigenvalue weighted by molar-refractivity contribution is 0.310. The van der Waals surface area contributed by atoms with Gasteiger partial charge in [-0.1, -0.05) is 154 Å². The van der Waals surface area contributed by atoms with Gasteiger partial charge in [0, 0.05) is 26.3 Å². The Kier molecular flexibility index (Phi) is 6.76. The zero-order chi connectivity index (χ0) is 39.2. The highest BCUT2D eigenvalue weighted by Crippen LogP contribution is 2.53. The van der Waals surface area contributed by atoms with Crippen LogP contribution in [-0.2, 0) is 5.41 Å². The molecule has 262 valence electrons. The largest absolute Gasteiger partial charge is 0.457 e. The maximum atomic E-state index is 9.80. The molecule has 0 saturated carbocycles. The molecule has 1 unspecified atom stereocenters. The number of hydrogen-bond donors (Lipinski definition) is 0. The van der Waals surface area contributed by atoms with Crippen LogP contribution < -0.4 is 25.5 Å². The van der Waals surface area contributed by atoms with Crippen LogP contribution in [0.5, 0.6) is 11.5 Å². The highest BCUT2D eigenvalue weighted by atomic mass is 28.3. The van der Waals surface area contributed by atoms with Crippen molar-refractivity contribution in [1.82, 2.24) is 14.0 Å². The van der Waals surface area contributed by atoms with E-state index in [2.05, 4.69) is 142 Å². The van der Waals surface area contributed by atoms with Crippen LogP contribution in [0.2, 0.25) is 0 Å². The molecule has 0 N–H and O–H groups in total. The zero-order valence-electron chi connectivity index (χ0n) is 33.5. The SMILES string of the molecule is [2H]C([2H])(C)C1(C([2H])(C)C)c2ccccc2Oc2c1cccc2[Si](c1ccccc1)(c1ccccc1)c1cccc(-n2c3ccccc3n3c4ccccc4nc23)c1. The van der Waals surface area contributed by atoms with Gasteiger partial charge in [0.1, 0.15) is 11.5 Å².